The number of aliphatic hydroxyl groups is 1. The van der Waals surface area contributed by atoms with Gasteiger partial charge in [-0.1, -0.05) is 54.6 Å². The van der Waals surface area contributed by atoms with Crippen molar-refractivity contribution in [2.24, 2.45) is 0 Å². The van der Waals surface area contributed by atoms with E-state index in [1.54, 1.807) is 42.5 Å². The molecule has 0 aliphatic heterocycles. The minimum atomic E-state index is -5.84. The number of ketones is 1. The largest absolute Gasteiger partial charge is 0.522 e. The Morgan fingerprint density at radius 3 is 2.00 bits per heavy atom. The molecule has 0 saturated heterocycles. The standard InChI is InChI=1S/C15H13NO4.CHF3O3S/c17-14(11-6-2-1-3-7-11)15(18)13-9-5-4-8-12(13)10-16(19)20;2-1(3,4)8(5,6)7/h1-9,14,17H,10H2;(H,5,6,7). The van der Waals surface area contributed by atoms with Crippen molar-refractivity contribution in [3.63, 3.8) is 0 Å². The number of hydrogen-bond acceptors (Lipinski definition) is 6. The van der Waals surface area contributed by atoms with Crippen LogP contribution < -0.4 is 0 Å². The summed E-state index contributed by atoms with van der Waals surface area (Å²) in [5, 5.41) is 20.7. The predicted octanol–water partition coefficient (Wildman–Crippen LogP) is 2.77. The Bertz CT molecular complexity index is 931. The van der Waals surface area contributed by atoms with Crippen LogP contribution in [0.25, 0.3) is 0 Å². The summed E-state index contributed by atoms with van der Waals surface area (Å²) < 4.78 is 57.5. The van der Waals surface area contributed by atoms with Crippen molar-refractivity contribution in [3.05, 3.63) is 81.4 Å². The number of alkyl halides is 3. The van der Waals surface area contributed by atoms with Gasteiger partial charge in [-0.3, -0.25) is 19.5 Å². The van der Waals surface area contributed by atoms with Crippen molar-refractivity contribution in [2.75, 3.05) is 0 Å². The average Bonchev–Trinajstić information content (AvgIpc) is 2.60. The fraction of sp³-hybridized carbons (Fsp3) is 0.188. The molecule has 2 N–H and O–H groups in total. The second kappa shape index (κ2) is 9.39. The number of hydrogen-bond donors (Lipinski definition) is 2. The molecule has 0 amide bonds. The Labute approximate surface area is 157 Å². The van der Waals surface area contributed by atoms with Crippen LogP contribution in [0.5, 0.6) is 0 Å². The second-order valence-corrected chi connectivity index (χ2v) is 6.66. The van der Waals surface area contributed by atoms with Gasteiger partial charge >= 0.3 is 15.6 Å². The van der Waals surface area contributed by atoms with E-state index in [1.807, 2.05) is 0 Å². The van der Waals surface area contributed by atoms with E-state index in [1.165, 1.54) is 12.1 Å². The Morgan fingerprint density at radius 1 is 1.07 bits per heavy atom. The molecular formula is C16H14F3NO7S. The van der Waals surface area contributed by atoms with Crippen LogP contribution in [0.2, 0.25) is 0 Å². The summed E-state index contributed by atoms with van der Waals surface area (Å²) in [6.07, 6.45) is -1.32. The molecule has 28 heavy (non-hydrogen) atoms. The van der Waals surface area contributed by atoms with Gasteiger partial charge in [-0.15, -0.1) is 0 Å². The van der Waals surface area contributed by atoms with Crippen molar-refractivity contribution in [3.8, 4) is 0 Å². The third-order valence-electron chi connectivity index (χ3n) is 3.24. The van der Waals surface area contributed by atoms with Crippen LogP contribution in [-0.4, -0.2) is 34.3 Å². The number of nitrogens with zero attached hydrogens (tertiary/aromatic N) is 1. The summed E-state index contributed by atoms with van der Waals surface area (Å²) in [4.78, 5) is 22.4. The van der Waals surface area contributed by atoms with Gasteiger partial charge in [0.1, 0.15) is 6.10 Å². The van der Waals surface area contributed by atoms with Crippen LogP contribution in [0, 0.1) is 10.1 Å². The first-order valence-corrected chi connectivity index (χ1v) is 8.79. The van der Waals surface area contributed by atoms with Crippen LogP contribution in [0.3, 0.4) is 0 Å². The normalized spacial score (nSPS) is 12.5. The molecule has 2 aromatic rings. The van der Waals surface area contributed by atoms with Gasteiger partial charge in [0.15, 0.2) is 5.78 Å². The molecular weight excluding hydrogens is 407 g/mol. The molecule has 1 atom stereocenters. The summed E-state index contributed by atoms with van der Waals surface area (Å²) >= 11 is 0. The van der Waals surface area contributed by atoms with Gasteiger partial charge < -0.3 is 5.11 Å². The van der Waals surface area contributed by atoms with Gasteiger partial charge in [0.25, 0.3) is 0 Å². The van der Waals surface area contributed by atoms with Crippen molar-refractivity contribution in [1.29, 1.82) is 0 Å². The highest BCUT2D eigenvalue weighted by atomic mass is 32.2. The molecule has 2 aromatic carbocycles. The summed E-state index contributed by atoms with van der Waals surface area (Å²) in [5.74, 6) is -0.534. The highest BCUT2D eigenvalue weighted by molar-refractivity contribution is 7.86. The van der Waals surface area contributed by atoms with Crippen LogP contribution in [-0.2, 0) is 16.7 Å². The van der Waals surface area contributed by atoms with E-state index in [0.717, 1.165) is 0 Å². The minimum absolute atomic E-state index is 0.181. The third-order valence-corrected chi connectivity index (χ3v) is 3.82. The molecule has 0 aliphatic carbocycles. The molecule has 0 bridgehead atoms. The van der Waals surface area contributed by atoms with Crippen molar-refractivity contribution in [1.82, 2.24) is 0 Å². The molecule has 0 saturated carbocycles. The summed E-state index contributed by atoms with van der Waals surface area (Å²) in [5.41, 5.74) is -4.58. The molecule has 0 fully saturated rings. The number of benzene rings is 2. The van der Waals surface area contributed by atoms with E-state index in [-0.39, 0.29) is 5.56 Å². The lowest BCUT2D eigenvalue weighted by molar-refractivity contribution is -0.496. The first-order valence-electron chi connectivity index (χ1n) is 7.35. The highest BCUT2D eigenvalue weighted by Crippen LogP contribution is 2.21. The molecule has 0 aliphatic rings. The lowest BCUT2D eigenvalue weighted by Crippen LogP contribution is -2.21. The van der Waals surface area contributed by atoms with Gasteiger partial charge in [-0.05, 0) is 5.56 Å². The topological polar surface area (TPSA) is 135 Å². The van der Waals surface area contributed by atoms with E-state index in [0.29, 0.717) is 11.1 Å². The molecule has 12 heteroatoms. The molecule has 0 heterocycles. The van der Waals surface area contributed by atoms with Gasteiger partial charge in [0.05, 0.1) is 0 Å². The summed E-state index contributed by atoms with van der Waals surface area (Å²) in [6, 6.07) is 14.8. The van der Waals surface area contributed by atoms with Crippen molar-refractivity contribution in [2.45, 2.75) is 18.2 Å². The van der Waals surface area contributed by atoms with E-state index in [2.05, 4.69) is 0 Å². The van der Waals surface area contributed by atoms with Crippen LogP contribution in [0.4, 0.5) is 13.2 Å². The molecule has 0 aromatic heterocycles. The molecule has 0 spiro atoms. The van der Waals surface area contributed by atoms with E-state index >= 15 is 0 Å². The lowest BCUT2D eigenvalue weighted by atomic mass is 9.96. The number of aliphatic hydroxyl groups excluding tert-OH is 1. The van der Waals surface area contributed by atoms with Crippen LogP contribution in [0.1, 0.15) is 27.6 Å². The SMILES string of the molecule is O=C(c1ccccc1C[N+](=O)[O-])C(O)c1ccccc1.O=S(=O)(O)C(F)(F)F. The molecule has 2 rings (SSSR count). The number of carbonyl (C=O) groups is 1. The zero-order valence-corrected chi connectivity index (χ0v) is 14.7. The Kier molecular flexibility index (Phi) is 7.78. The van der Waals surface area contributed by atoms with E-state index in [4.69, 9.17) is 13.0 Å². The Balaban J connectivity index is 0.000000416. The first-order chi connectivity index (χ1) is 12.8. The number of nitro groups is 1. The fourth-order valence-corrected chi connectivity index (χ4v) is 1.97. The highest BCUT2D eigenvalue weighted by Gasteiger charge is 2.44. The molecule has 8 nitrogen and oxygen atoms in total. The maximum absolute atomic E-state index is 12.3. The zero-order valence-electron chi connectivity index (χ0n) is 13.9. The Hall–Kier alpha value is -2.83. The van der Waals surface area contributed by atoms with Crippen LogP contribution in [0.15, 0.2) is 54.6 Å². The number of halogens is 3. The molecule has 1 unspecified atom stereocenters. The Morgan fingerprint density at radius 2 is 1.54 bits per heavy atom. The maximum atomic E-state index is 12.3. The second-order valence-electron chi connectivity index (χ2n) is 5.25. The summed E-state index contributed by atoms with van der Waals surface area (Å²) in [6.45, 7) is -0.441. The van der Waals surface area contributed by atoms with E-state index in [9.17, 15) is 33.2 Å². The monoisotopic (exact) mass is 421 g/mol. The summed E-state index contributed by atoms with van der Waals surface area (Å²) in [7, 11) is -5.84. The average molecular weight is 421 g/mol. The van der Waals surface area contributed by atoms with Gasteiger partial charge in [0, 0.05) is 16.1 Å². The van der Waals surface area contributed by atoms with Crippen molar-refractivity contribution >= 4 is 15.9 Å². The third kappa shape index (κ3) is 6.72. The fourth-order valence-electron chi connectivity index (χ4n) is 1.97. The predicted molar refractivity (Wildman–Crippen MR) is 90.5 cm³/mol. The van der Waals surface area contributed by atoms with E-state index < -0.39 is 39.0 Å². The lowest BCUT2D eigenvalue weighted by Gasteiger charge is -2.11. The molecule has 152 valence electrons. The first kappa shape index (κ1) is 23.2. The number of Topliss-reactive ketones (excluding diaryl/α,β-unsaturated/α-hetero) is 1. The quantitative estimate of drug-likeness (QED) is 0.249. The maximum Gasteiger partial charge on any atom is 0.522 e. The smallest absolute Gasteiger partial charge is 0.380 e. The van der Waals surface area contributed by atoms with Crippen LogP contribution >= 0.6 is 0 Å². The molecule has 0 radical (unpaired) electrons. The van der Waals surface area contributed by atoms with Crippen molar-refractivity contribution < 1.29 is 41.0 Å². The minimum Gasteiger partial charge on any atom is -0.380 e. The van der Waals surface area contributed by atoms with Gasteiger partial charge in [0.2, 0.25) is 6.54 Å². The number of rotatable bonds is 5. The number of carbonyl (C=O) groups excluding carboxylic acids is 1. The van der Waals surface area contributed by atoms with Gasteiger partial charge in [-0.25, -0.2) is 0 Å². The van der Waals surface area contributed by atoms with Gasteiger partial charge in [-0.2, -0.15) is 21.6 Å². The zero-order chi connectivity index (χ0) is 21.5.